The summed E-state index contributed by atoms with van der Waals surface area (Å²) in [6.07, 6.45) is 4.06. The van der Waals surface area contributed by atoms with Gasteiger partial charge in [-0.2, -0.15) is 0 Å². The highest BCUT2D eigenvalue weighted by molar-refractivity contribution is 8.01. The monoisotopic (exact) mass is 258 g/mol. The highest BCUT2D eigenvalue weighted by atomic mass is 35.5. The zero-order valence-corrected chi connectivity index (χ0v) is 10.2. The Labute approximate surface area is 100 Å². The molecule has 2 aromatic rings. The van der Waals surface area contributed by atoms with E-state index in [0.29, 0.717) is 5.15 Å². The molecule has 7 heteroatoms. The van der Waals surface area contributed by atoms with Gasteiger partial charge in [0.2, 0.25) is 0 Å². The van der Waals surface area contributed by atoms with Gasteiger partial charge in [-0.3, -0.25) is 4.98 Å². The van der Waals surface area contributed by atoms with Gasteiger partial charge in [0.25, 0.3) is 0 Å². The molecule has 2 aromatic heterocycles. The van der Waals surface area contributed by atoms with Crippen molar-refractivity contribution in [1.82, 2.24) is 20.2 Å². The number of hydrogen-bond acceptors (Lipinski definition) is 6. The molecule has 0 radical (unpaired) electrons. The van der Waals surface area contributed by atoms with Crippen molar-refractivity contribution in [1.29, 1.82) is 0 Å². The van der Waals surface area contributed by atoms with Crippen molar-refractivity contribution in [2.24, 2.45) is 0 Å². The van der Waals surface area contributed by atoms with E-state index in [1.807, 2.05) is 6.92 Å². The molecule has 0 aliphatic heterocycles. The molecule has 0 aliphatic carbocycles. The quantitative estimate of drug-likeness (QED) is 0.847. The maximum Gasteiger partial charge on any atom is 0.180 e. The molecule has 0 bridgehead atoms. The van der Waals surface area contributed by atoms with Crippen molar-refractivity contribution < 1.29 is 0 Å². The van der Waals surface area contributed by atoms with Gasteiger partial charge in [0.15, 0.2) is 4.34 Å². The van der Waals surface area contributed by atoms with Crippen LogP contribution in [0.2, 0.25) is 5.15 Å². The lowest BCUT2D eigenvalue weighted by Gasteiger charge is -1.94. The molecular weight excluding hydrogens is 252 g/mol. The van der Waals surface area contributed by atoms with Gasteiger partial charge < -0.3 is 0 Å². The Hall–Kier alpha value is -0.720. The van der Waals surface area contributed by atoms with E-state index in [0.717, 1.165) is 20.8 Å². The molecule has 0 atom stereocenters. The Morgan fingerprint density at radius 2 is 2.27 bits per heavy atom. The molecule has 2 rings (SSSR count). The molecule has 0 N–H and O–H groups in total. The molecule has 0 saturated heterocycles. The minimum absolute atomic E-state index is 0.389. The topological polar surface area (TPSA) is 51.6 Å². The van der Waals surface area contributed by atoms with Crippen molar-refractivity contribution in [2.45, 2.75) is 22.7 Å². The highest BCUT2D eigenvalue weighted by Gasteiger charge is 2.06. The predicted octanol–water partition coefficient (Wildman–Crippen LogP) is 2.70. The fraction of sp³-hybridized carbons (Fsp3) is 0.250. The SMILES string of the molecule is CCc1nnc(Sc2cncc(Cl)n2)s1. The van der Waals surface area contributed by atoms with E-state index in [1.165, 1.54) is 18.0 Å². The van der Waals surface area contributed by atoms with Crippen molar-refractivity contribution >= 4 is 34.7 Å². The summed E-state index contributed by atoms with van der Waals surface area (Å²) in [7, 11) is 0. The van der Waals surface area contributed by atoms with Crippen LogP contribution < -0.4 is 0 Å². The first kappa shape index (κ1) is 10.8. The van der Waals surface area contributed by atoms with Gasteiger partial charge in [-0.25, -0.2) is 4.98 Å². The lowest BCUT2D eigenvalue weighted by atomic mass is 10.5. The average Bonchev–Trinajstić information content (AvgIpc) is 2.65. The molecule has 0 fully saturated rings. The van der Waals surface area contributed by atoms with Crippen LogP contribution in [0, 0.1) is 0 Å². The lowest BCUT2D eigenvalue weighted by Crippen LogP contribution is -1.82. The highest BCUT2D eigenvalue weighted by Crippen LogP contribution is 2.28. The van der Waals surface area contributed by atoms with E-state index >= 15 is 0 Å². The van der Waals surface area contributed by atoms with E-state index in [2.05, 4.69) is 20.2 Å². The molecule has 0 spiro atoms. The third kappa shape index (κ3) is 2.87. The van der Waals surface area contributed by atoms with Crippen LogP contribution in [0.25, 0.3) is 0 Å². The summed E-state index contributed by atoms with van der Waals surface area (Å²) in [6, 6.07) is 0. The van der Waals surface area contributed by atoms with E-state index in [1.54, 1.807) is 17.5 Å². The normalized spacial score (nSPS) is 10.5. The maximum atomic E-state index is 5.72. The zero-order valence-electron chi connectivity index (χ0n) is 7.85. The summed E-state index contributed by atoms with van der Waals surface area (Å²) in [5.74, 6) is 0. The second kappa shape index (κ2) is 4.87. The molecule has 78 valence electrons. The number of hydrogen-bond donors (Lipinski definition) is 0. The van der Waals surface area contributed by atoms with Crippen molar-refractivity contribution in [3.63, 3.8) is 0 Å². The van der Waals surface area contributed by atoms with Gasteiger partial charge in [-0.15, -0.1) is 10.2 Å². The third-order valence-electron chi connectivity index (χ3n) is 1.53. The number of halogens is 1. The first-order valence-electron chi connectivity index (χ1n) is 4.25. The minimum atomic E-state index is 0.389. The Morgan fingerprint density at radius 3 is 2.93 bits per heavy atom. The van der Waals surface area contributed by atoms with Crippen molar-refractivity contribution in [2.75, 3.05) is 0 Å². The van der Waals surface area contributed by atoms with Gasteiger partial charge in [0.05, 0.1) is 12.4 Å². The standard InChI is InChI=1S/C8H7ClN4S2/c1-2-6-12-13-8(14-6)15-7-4-10-3-5(9)11-7/h3-4H,2H2,1H3. The molecule has 0 saturated carbocycles. The van der Waals surface area contributed by atoms with Gasteiger partial charge in [0, 0.05) is 0 Å². The van der Waals surface area contributed by atoms with E-state index < -0.39 is 0 Å². The minimum Gasteiger partial charge on any atom is -0.259 e. The zero-order chi connectivity index (χ0) is 10.7. The smallest absolute Gasteiger partial charge is 0.180 e. The van der Waals surface area contributed by atoms with E-state index in [9.17, 15) is 0 Å². The summed E-state index contributed by atoms with van der Waals surface area (Å²) in [5, 5.41) is 10.2. The number of aromatic nitrogens is 4. The second-order valence-corrected chi connectivity index (χ2v) is 5.31. The summed E-state index contributed by atoms with van der Waals surface area (Å²) >= 11 is 8.71. The van der Waals surface area contributed by atoms with Crippen LogP contribution in [0.4, 0.5) is 0 Å². The van der Waals surface area contributed by atoms with Crippen LogP contribution in [0.3, 0.4) is 0 Å². The first-order valence-corrected chi connectivity index (χ1v) is 6.27. The van der Waals surface area contributed by atoms with Gasteiger partial charge in [-0.1, -0.05) is 29.9 Å². The average molecular weight is 259 g/mol. The van der Waals surface area contributed by atoms with Crippen LogP contribution >= 0.6 is 34.7 Å². The van der Waals surface area contributed by atoms with Crippen LogP contribution in [0.5, 0.6) is 0 Å². The fourth-order valence-corrected chi connectivity index (χ4v) is 2.82. The Bertz CT molecular complexity index is 459. The molecule has 0 unspecified atom stereocenters. The molecule has 2 heterocycles. The molecule has 0 aromatic carbocycles. The maximum absolute atomic E-state index is 5.72. The first-order chi connectivity index (χ1) is 7.28. The summed E-state index contributed by atoms with van der Waals surface area (Å²) < 4.78 is 0.864. The van der Waals surface area contributed by atoms with Crippen LogP contribution in [0.15, 0.2) is 21.8 Å². The fourth-order valence-electron chi connectivity index (χ4n) is 0.886. The van der Waals surface area contributed by atoms with Crippen LogP contribution in [-0.2, 0) is 6.42 Å². The predicted molar refractivity (Wildman–Crippen MR) is 60.5 cm³/mol. The van der Waals surface area contributed by atoms with E-state index in [-0.39, 0.29) is 0 Å². The Morgan fingerprint density at radius 1 is 1.40 bits per heavy atom. The van der Waals surface area contributed by atoms with Crippen molar-refractivity contribution in [3.05, 3.63) is 22.6 Å². The summed E-state index contributed by atoms with van der Waals surface area (Å²) in [6.45, 7) is 2.05. The van der Waals surface area contributed by atoms with E-state index in [4.69, 9.17) is 11.6 Å². The molecule has 0 aliphatic rings. The molecule has 0 amide bonds. The number of aryl methyl sites for hydroxylation is 1. The van der Waals surface area contributed by atoms with Gasteiger partial charge >= 0.3 is 0 Å². The van der Waals surface area contributed by atoms with Crippen LogP contribution in [0.1, 0.15) is 11.9 Å². The molecule has 15 heavy (non-hydrogen) atoms. The Kier molecular flexibility index (Phi) is 3.50. The summed E-state index contributed by atoms with van der Waals surface area (Å²) in [4.78, 5) is 8.06. The summed E-state index contributed by atoms with van der Waals surface area (Å²) in [5.41, 5.74) is 0. The molecular formula is C8H7ClN4S2. The largest absolute Gasteiger partial charge is 0.259 e. The lowest BCUT2D eigenvalue weighted by molar-refractivity contribution is 0.941. The number of nitrogens with zero attached hydrogens (tertiary/aromatic N) is 4. The second-order valence-electron chi connectivity index (χ2n) is 2.60. The Balaban J connectivity index is 2.14. The van der Waals surface area contributed by atoms with Gasteiger partial charge in [0.1, 0.15) is 15.2 Å². The van der Waals surface area contributed by atoms with Crippen molar-refractivity contribution in [3.8, 4) is 0 Å². The van der Waals surface area contributed by atoms with Crippen LogP contribution in [-0.4, -0.2) is 20.2 Å². The third-order valence-corrected chi connectivity index (χ3v) is 3.73. The number of rotatable bonds is 3. The van der Waals surface area contributed by atoms with Gasteiger partial charge in [-0.05, 0) is 18.2 Å². The molecule has 4 nitrogen and oxygen atoms in total.